The van der Waals surface area contributed by atoms with Crippen LogP contribution in [0.3, 0.4) is 0 Å². The third-order valence-electron chi connectivity index (χ3n) is 4.43. The average molecular weight is 334 g/mol. The molecule has 0 unspecified atom stereocenters. The maximum atomic E-state index is 12.4. The molecule has 0 bridgehead atoms. The molecule has 2 rings (SSSR count). The lowest BCUT2D eigenvalue weighted by atomic mass is 9.99. The van der Waals surface area contributed by atoms with Crippen molar-refractivity contribution in [2.45, 2.75) is 39.7 Å². The normalized spacial score (nSPS) is 17.6. The molecule has 1 atom stereocenters. The van der Waals surface area contributed by atoms with E-state index in [1.54, 1.807) is 7.11 Å². The van der Waals surface area contributed by atoms with Crippen molar-refractivity contribution in [1.82, 2.24) is 10.2 Å². The number of urea groups is 1. The lowest BCUT2D eigenvalue weighted by Crippen LogP contribution is -2.46. The van der Waals surface area contributed by atoms with Gasteiger partial charge in [0.2, 0.25) is 0 Å². The molecule has 2 amide bonds. The average Bonchev–Trinajstić information content (AvgIpc) is 2.59. The number of carbonyl (C=O) groups excluding carboxylic acids is 1. The van der Waals surface area contributed by atoms with Crippen LogP contribution in [-0.4, -0.2) is 44.3 Å². The molecule has 0 aromatic heterocycles. The van der Waals surface area contributed by atoms with Gasteiger partial charge in [-0.05, 0) is 49.4 Å². The molecule has 1 aromatic carbocycles. The summed E-state index contributed by atoms with van der Waals surface area (Å²) in [6.07, 6.45) is 3.18. The summed E-state index contributed by atoms with van der Waals surface area (Å²) in [6.45, 7) is 7.75. The minimum Gasteiger partial charge on any atom is -0.494 e. The number of carbonyl (C=O) groups is 1. The van der Waals surface area contributed by atoms with E-state index in [0.717, 1.165) is 62.4 Å². The number of likely N-dealkylation sites (tertiary alicyclic amines) is 1. The fraction of sp³-hybridized carbons (Fsp3) is 0.632. The highest BCUT2D eigenvalue weighted by atomic mass is 16.5. The number of methoxy groups -OCH3 is 1. The Morgan fingerprint density at radius 1 is 1.42 bits per heavy atom. The lowest BCUT2D eigenvalue weighted by molar-refractivity contribution is 0.100. The van der Waals surface area contributed by atoms with Crippen molar-refractivity contribution in [3.8, 4) is 5.75 Å². The standard InChI is InChI=1S/C19H30N2O3/c1-4-10-24-18-8-7-17(15(2)11-18)12-20-19(22)21-9-5-6-16(13-21)14-23-3/h7-8,11,16H,4-6,9-10,12-14H2,1-3H3,(H,20,22)/t16-/m1/s1. The highest BCUT2D eigenvalue weighted by Gasteiger charge is 2.23. The number of nitrogens with zero attached hydrogens (tertiary/aromatic N) is 1. The smallest absolute Gasteiger partial charge is 0.317 e. The van der Waals surface area contributed by atoms with Gasteiger partial charge in [0, 0.05) is 32.7 Å². The van der Waals surface area contributed by atoms with E-state index in [1.807, 2.05) is 23.1 Å². The van der Waals surface area contributed by atoms with Gasteiger partial charge in [0.25, 0.3) is 0 Å². The molecule has 1 aromatic rings. The first kappa shape index (κ1) is 18.6. The summed E-state index contributed by atoms with van der Waals surface area (Å²) in [5.41, 5.74) is 2.26. The third kappa shape index (κ3) is 5.41. The topological polar surface area (TPSA) is 50.8 Å². The van der Waals surface area contributed by atoms with Gasteiger partial charge in [-0.3, -0.25) is 0 Å². The Balaban J connectivity index is 1.85. The monoisotopic (exact) mass is 334 g/mol. The lowest BCUT2D eigenvalue weighted by Gasteiger charge is -2.32. The molecule has 0 aliphatic carbocycles. The minimum atomic E-state index is 0.0153. The van der Waals surface area contributed by atoms with Gasteiger partial charge in [0.15, 0.2) is 0 Å². The molecule has 134 valence electrons. The highest BCUT2D eigenvalue weighted by molar-refractivity contribution is 5.74. The maximum Gasteiger partial charge on any atom is 0.317 e. The number of hydrogen-bond acceptors (Lipinski definition) is 3. The summed E-state index contributed by atoms with van der Waals surface area (Å²) in [5, 5.41) is 3.04. The number of nitrogens with one attached hydrogen (secondary N) is 1. The number of hydrogen-bond donors (Lipinski definition) is 1. The Kier molecular flexibility index (Phi) is 7.37. The molecule has 5 nitrogen and oxygen atoms in total. The molecule has 1 saturated heterocycles. The van der Waals surface area contributed by atoms with Crippen LogP contribution in [0.25, 0.3) is 0 Å². The summed E-state index contributed by atoms with van der Waals surface area (Å²) in [6, 6.07) is 6.05. The maximum absolute atomic E-state index is 12.4. The zero-order valence-corrected chi connectivity index (χ0v) is 15.1. The predicted molar refractivity (Wildman–Crippen MR) is 95.4 cm³/mol. The van der Waals surface area contributed by atoms with E-state index in [0.29, 0.717) is 12.5 Å². The van der Waals surface area contributed by atoms with E-state index < -0.39 is 0 Å². The number of piperidine rings is 1. The van der Waals surface area contributed by atoms with Crippen LogP contribution in [0.4, 0.5) is 4.79 Å². The van der Waals surface area contributed by atoms with Gasteiger partial charge in [-0.15, -0.1) is 0 Å². The number of amides is 2. The number of ether oxygens (including phenoxy) is 2. The molecule has 0 saturated carbocycles. The van der Waals surface area contributed by atoms with Gasteiger partial charge in [0.1, 0.15) is 5.75 Å². The molecule has 1 heterocycles. The van der Waals surface area contributed by atoms with Gasteiger partial charge in [0.05, 0.1) is 13.2 Å². The summed E-state index contributed by atoms with van der Waals surface area (Å²) in [5.74, 6) is 1.34. The molecule has 0 radical (unpaired) electrons. The molecule has 1 N–H and O–H groups in total. The van der Waals surface area contributed by atoms with Gasteiger partial charge < -0.3 is 19.7 Å². The van der Waals surface area contributed by atoms with Gasteiger partial charge in [-0.1, -0.05) is 13.0 Å². The van der Waals surface area contributed by atoms with Crippen LogP contribution in [0.15, 0.2) is 18.2 Å². The zero-order valence-electron chi connectivity index (χ0n) is 15.1. The molecule has 5 heteroatoms. The van der Waals surface area contributed by atoms with E-state index in [2.05, 4.69) is 19.2 Å². The first-order valence-corrected chi connectivity index (χ1v) is 8.88. The first-order chi connectivity index (χ1) is 11.6. The number of rotatable bonds is 7. The van der Waals surface area contributed by atoms with Crippen LogP contribution < -0.4 is 10.1 Å². The van der Waals surface area contributed by atoms with Crippen molar-refractivity contribution in [1.29, 1.82) is 0 Å². The zero-order chi connectivity index (χ0) is 17.4. The summed E-state index contributed by atoms with van der Waals surface area (Å²) >= 11 is 0. The van der Waals surface area contributed by atoms with Gasteiger partial charge in [-0.25, -0.2) is 4.79 Å². The number of aryl methyl sites for hydroxylation is 1. The molecular weight excluding hydrogens is 304 g/mol. The van der Waals surface area contributed by atoms with Crippen molar-refractivity contribution in [3.63, 3.8) is 0 Å². The predicted octanol–water partition coefficient (Wildman–Crippen LogP) is 3.35. The van der Waals surface area contributed by atoms with Gasteiger partial charge in [-0.2, -0.15) is 0 Å². The molecule has 0 spiro atoms. The second-order valence-electron chi connectivity index (χ2n) is 6.51. The van der Waals surface area contributed by atoms with Crippen LogP contribution in [0.2, 0.25) is 0 Å². The quantitative estimate of drug-likeness (QED) is 0.832. The van der Waals surface area contributed by atoms with Crippen LogP contribution >= 0.6 is 0 Å². The Labute approximate surface area is 145 Å². The second kappa shape index (κ2) is 9.52. The van der Waals surface area contributed by atoms with Crippen molar-refractivity contribution in [2.24, 2.45) is 5.92 Å². The SMILES string of the molecule is CCCOc1ccc(CNC(=O)N2CCC[C@@H](COC)C2)c(C)c1. The van der Waals surface area contributed by atoms with Gasteiger partial charge >= 0.3 is 6.03 Å². The van der Waals surface area contributed by atoms with E-state index >= 15 is 0 Å². The largest absolute Gasteiger partial charge is 0.494 e. The Morgan fingerprint density at radius 2 is 2.25 bits per heavy atom. The van der Waals surface area contributed by atoms with E-state index in [4.69, 9.17) is 9.47 Å². The Morgan fingerprint density at radius 3 is 2.96 bits per heavy atom. The third-order valence-corrected chi connectivity index (χ3v) is 4.43. The van der Waals surface area contributed by atoms with Crippen molar-refractivity contribution in [2.75, 3.05) is 33.4 Å². The van der Waals surface area contributed by atoms with E-state index in [1.165, 1.54) is 0 Å². The summed E-state index contributed by atoms with van der Waals surface area (Å²) in [7, 11) is 1.72. The van der Waals surface area contributed by atoms with Crippen LogP contribution in [0, 0.1) is 12.8 Å². The molecule has 1 aliphatic rings. The van der Waals surface area contributed by atoms with Crippen LogP contribution in [0.5, 0.6) is 5.75 Å². The fourth-order valence-electron chi connectivity index (χ4n) is 3.08. The molecule has 1 aliphatic heterocycles. The molecular formula is C19H30N2O3. The van der Waals surface area contributed by atoms with Crippen LogP contribution in [0.1, 0.15) is 37.3 Å². The van der Waals surface area contributed by atoms with Crippen molar-refractivity contribution >= 4 is 6.03 Å². The molecule has 24 heavy (non-hydrogen) atoms. The summed E-state index contributed by atoms with van der Waals surface area (Å²) < 4.78 is 10.9. The van der Waals surface area contributed by atoms with Crippen molar-refractivity contribution < 1.29 is 14.3 Å². The Hall–Kier alpha value is -1.75. The number of benzene rings is 1. The Bertz CT molecular complexity index is 531. The van der Waals surface area contributed by atoms with E-state index in [-0.39, 0.29) is 6.03 Å². The summed E-state index contributed by atoms with van der Waals surface area (Å²) in [4.78, 5) is 14.3. The van der Waals surface area contributed by atoms with Crippen molar-refractivity contribution in [3.05, 3.63) is 29.3 Å². The molecule has 1 fully saturated rings. The van der Waals surface area contributed by atoms with Crippen LogP contribution in [-0.2, 0) is 11.3 Å². The highest BCUT2D eigenvalue weighted by Crippen LogP contribution is 2.19. The fourth-order valence-corrected chi connectivity index (χ4v) is 3.08. The van der Waals surface area contributed by atoms with E-state index in [9.17, 15) is 4.79 Å². The minimum absolute atomic E-state index is 0.0153. The first-order valence-electron chi connectivity index (χ1n) is 8.88. The second-order valence-corrected chi connectivity index (χ2v) is 6.51.